The number of hydrogen-bond donors (Lipinski definition) is 0. The number of amides is 1. The molecule has 0 spiro atoms. The highest BCUT2D eigenvalue weighted by Crippen LogP contribution is 2.42. The van der Waals surface area contributed by atoms with E-state index in [2.05, 4.69) is 0 Å². The fourth-order valence-corrected chi connectivity index (χ4v) is 2.06. The topological polar surface area (TPSA) is 29.5 Å². The van der Waals surface area contributed by atoms with Gasteiger partial charge in [-0.15, -0.1) is 0 Å². The van der Waals surface area contributed by atoms with Crippen molar-refractivity contribution in [1.82, 2.24) is 4.90 Å². The first-order chi connectivity index (χ1) is 11.5. The van der Waals surface area contributed by atoms with Crippen molar-refractivity contribution < 1.29 is 27.1 Å². The third kappa shape index (κ3) is 4.10. The van der Waals surface area contributed by atoms with Crippen molar-refractivity contribution in [1.29, 1.82) is 0 Å². The third-order valence-corrected chi connectivity index (χ3v) is 3.67. The van der Waals surface area contributed by atoms with E-state index >= 15 is 0 Å². The first-order valence-electron chi connectivity index (χ1n) is 7.38. The molecule has 0 bridgehead atoms. The fraction of sp³-hybridized carbons (Fsp3) is 0.278. The summed E-state index contributed by atoms with van der Waals surface area (Å²) in [6, 6.07) is 10.9. The van der Waals surface area contributed by atoms with Crippen LogP contribution in [0.4, 0.5) is 17.6 Å². The van der Waals surface area contributed by atoms with Crippen molar-refractivity contribution >= 4 is 5.91 Å². The van der Waals surface area contributed by atoms with Crippen LogP contribution in [-0.4, -0.2) is 31.1 Å². The molecule has 7 heteroatoms. The van der Waals surface area contributed by atoms with E-state index < -0.39 is 17.4 Å². The van der Waals surface area contributed by atoms with Gasteiger partial charge in [0.2, 0.25) is 5.67 Å². The summed E-state index contributed by atoms with van der Waals surface area (Å²) in [5.74, 6) is 0.501. The Hall–Kier alpha value is -2.57. The molecular formula is C18H17F4NO2. The fourth-order valence-electron chi connectivity index (χ4n) is 2.06. The van der Waals surface area contributed by atoms with Crippen LogP contribution in [0, 0.1) is 0 Å². The van der Waals surface area contributed by atoms with Crippen molar-refractivity contribution in [3.8, 4) is 11.5 Å². The second kappa shape index (κ2) is 6.74. The van der Waals surface area contributed by atoms with Crippen LogP contribution in [0.25, 0.3) is 0 Å². The molecule has 2 aromatic carbocycles. The van der Waals surface area contributed by atoms with Gasteiger partial charge in [-0.1, -0.05) is 12.1 Å². The molecule has 0 saturated heterocycles. The number of nitrogens with zero attached hydrogens (tertiary/aromatic N) is 1. The van der Waals surface area contributed by atoms with Crippen LogP contribution in [0.15, 0.2) is 48.5 Å². The number of hydrogen-bond acceptors (Lipinski definition) is 2. The van der Waals surface area contributed by atoms with Crippen molar-refractivity contribution in [3.63, 3.8) is 0 Å². The minimum absolute atomic E-state index is 0.162. The molecule has 0 heterocycles. The molecule has 2 rings (SSSR count). The highest BCUT2D eigenvalue weighted by Gasteiger charge is 2.53. The van der Waals surface area contributed by atoms with Crippen LogP contribution in [0.3, 0.4) is 0 Å². The number of benzene rings is 2. The summed E-state index contributed by atoms with van der Waals surface area (Å²) in [5, 5.41) is 0. The molecule has 0 aliphatic heterocycles. The summed E-state index contributed by atoms with van der Waals surface area (Å²) in [5.41, 5.74) is -3.45. The van der Waals surface area contributed by atoms with Gasteiger partial charge in [-0.05, 0) is 48.9 Å². The molecule has 3 nitrogen and oxygen atoms in total. The van der Waals surface area contributed by atoms with E-state index in [1.807, 2.05) is 0 Å². The van der Waals surface area contributed by atoms with Crippen LogP contribution >= 0.6 is 0 Å². The van der Waals surface area contributed by atoms with E-state index in [-0.39, 0.29) is 11.7 Å². The summed E-state index contributed by atoms with van der Waals surface area (Å²) >= 11 is 0. The summed E-state index contributed by atoms with van der Waals surface area (Å²) < 4.78 is 57.4. The Morgan fingerprint density at radius 2 is 1.32 bits per heavy atom. The first-order valence-corrected chi connectivity index (χ1v) is 7.38. The van der Waals surface area contributed by atoms with Gasteiger partial charge in [-0.25, -0.2) is 4.39 Å². The van der Waals surface area contributed by atoms with Crippen LogP contribution in [0.2, 0.25) is 0 Å². The number of carbonyl (C=O) groups is 1. The number of carbonyl (C=O) groups excluding carboxylic acids is 1. The molecular weight excluding hydrogens is 338 g/mol. The average molecular weight is 355 g/mol. The van der Waals surface area contributed by atoms with Crippen molar-refractivity contribution in [2.75, 3.05) is 14.1 Å². The zero-order valence-corrected chi connectivity index (χ0v) is 13.9. The molecule has 1 amide bonds. The van der Waals surface area contributed by atoms with Crippen molar-refractivity contribution in [2.45, 2.75) is 18.8 Å². The predicted octanol–water partition coefficient (Wildman–Crippen LogP) is 4.93. The second-order valence-corrected chi connectivity index (χ2v) is 5.85. The molecule has 25 heavy (non-hydrogen) atoms. The summed E-state index contributed by atoms with van der Waals surface area (Å²) in [7, 11) is 3.27. The number of ether oxygens (including phenoxy) is 1. The highest BCUT2D eigenvalue weighted by atomic mass is 19.4. The van der Waals surface area contributed by atoms with E-state index in [9.17, 15) is 22.4 Å². The zero-order chi connectivity index (χ0) is 18.8. The monoisotopic (exact) mass is 355 g/mol. The van der Waals surface area contributed by atoms with Gasteiger partial charge >= 0.3 is 6.18 Å². The standard InChI is InChI=1S/C18H17F4NO2/c1-17(19,18(20,21)22)13-6-10-15(11-7-13)25-14-8-4-12(5-9-14)16(24)23(2)3/h4-11H,1-3H3. The minimum atomic E-state index is -5.00. The minimum Gasteiger partial charge on any atom is -0.457 e. The SMILES string of the molecule is CN(C)C(=O)c1ccc(Oc2ccc(C(C)(F)C(F)(F)F)cc2)cc1. The predicted molar refractivity (Wildman–Crippen MR) is 85.5 cm³/mol. The smallest absolute Gasteiger partial charge is 0.426 e. The molecule has 2 aromatic rings. The Morgan fingerprint density at radius 3 is 1.72 bits per heavy atom. The van der Waals surface area contributed by atoms with E-state index in [0.717, 1.165) is 12.1 Å². The average Bonchev–Trinajstić information content (AvgIpc) is 2.54. The summed E-state index contributed by atoms with van der Waals surface area (Å²) in [6.45, 7) is 0.476. The lowest BCUT2D eigenvalue weighted by Gasteiger charge is -2.24. The summed E-state index contributed by atoms with van der Waals surface area (Å²) in [4.78, 5) is 13.2. The highest BCUT2D eigenvalue weighted by molar-refractivity contribution is 5.93. The molecule has 0 fully saturated rings. The quantitative estimate of drug-likeness (QED) is 0.728. The second-order valence-electron chi connectivity index (χ2n) is 5.85. The largest absolute Gasteiger partial charge is 0.457 e. The first kappa shape index (κ1) is 18.8. The van der Waals surface area contributed by atoms with Gasteiger partial charge in [0.15, 0.2) is 0 Å². The van der Waals surface area contributed by atoms with Gasteiger partial charge < -0.3 is 9.64 Å². The Bertz CT molecular complexity index is 735. The Morgan fingerprint density at radius 1 is 0.880 bits per heavy atom. The van der Waals surface area contributed by atoms with Gasteiger partial charge in [-0.2, -0.15) is 13.2 Å². The van der Waals surface area contributed by atoms with Crippen LogP contribution < -0.4 is 4.74 Å². The maximum atomic E-state index is 13.9. The molecule has 1 atom stereocenters. The van der Waals surface area contributed by atoms with E-state index in [0.29, 0.717) is 18.2 Å². The van der Waals surface area contributed by atoms with Crippen LogP contribution in [0.1, 0.15) is 22.8 Å². The van der Waals surface area contributed by atoms with Gasteiger partial charge in [0.1, 0.15) is 11.5 Å². The van der Waals surface area contributed by atoms with Crippen LogP contribution in [0.5, 0.6) is 11.5 Å². The molecule has 0 saturated carbocycles. The van der Waals surface area contributed by atoms with Crippen LogP contribution in [-0.2, 0) is 5.67 Å². The third-order valence-electron chi connectivity index (χ3n) is 3.67. The Labute approximate surface area is 142 Å². The molecule has 0 aliphatic rings. The zero-order valence-electron chi connectivity index (χ0n) is 13.9. The molecule has 134 valence electrons. The maximum Gasteiger partial charge on any atom is 0.426 e. The van der Waals surface area contributed by atoms with Gasteiger partial charge in [-0.3, -0.25) is 4.79 Å². The normalized spacial score (nSPS) is 13.9. The molecule has 0 radical (unpaired) electrons. The Balaban J connectivity index is 2.13. The van der Waals surface area contributed by atoms with Gasteiger partial charge in [0.05, 0.1) is 0 Å². The van der Waals surface area contributed by atoms with E-state index in [4.69, 9.17) is 4.74 Å². The molecule has 1 unspecified atom stereocenters. The van der Waals surface area contributed by atoms with Crippen molar-refractivity contribution in [2.24, 2.45) is 0 Å². The maximum absolute atomic E-state index is 13.9. The van der Waals surface area contributed by atoms with E-state index in [1.54, 1.807) is 38.4 Å². The van der Waals surface area contributed by atoms with Gasteiger partial charge in [0, 0.05) is 19.7 Å². The number of halogens is 4. The van der Waals surface area contributed by atoms with Gasteiger partial charge in [0.25, 0.3) is 5.91 Å². The molecule has 0 N–H and O–H groups in total. The lowest BCUT2D eigenvalue weighted by atomic mass is 9.97. The Kier molecular flexibility index (Phi) is 5.06. The molecule has 0 aliphatic carbocycles. The van der Waals surface area contributed by atoms with Crippen molar-refractivity contribution in [3.05, 3.63) is 59.7 Å². The lowest BCUT2D eigenvalue weighted by Crippen LogP contribution is -2.34. The van der Waals surface area contributed by atoms with E-state index in [1.165, 1.54) is 17.0 Å². The molecule has 0 aromatic heterocycles. The number of rotatable bonds is 4. The number of alkyl halides is 4. The summed E-state index contributed by atoms with van der Waals surface area (Å²) in [6.07, 6.45) is -5.00. The lowest BCUT2D eigenvalue weighted by molar-refractivity contribution is -0.228.